The van der Waals surface area contributed by atoms with E-state index in [9.17, 15) is 4.79 Å². The maximum atomic E-state index is 11.4. The van der Waals surface area contributed by atoms with Crippen LogP contribution in [-0.4, -0.2) is 32.6 Å². The second kappa shape index (κ2) is 11.5. The molecule has 26 heavy (non-hydrogen) atoms. The van der Waals surface area contributed by atoms with Gasteiger partial charge in [0, 0.05) is 13.6 Å². The quantitative estimate of drug-likeness (QED) is 0.295. The topological polar surface area (TPSA) is 62.7 Å². The summed E-state index contributed by atoms with van der Waals surface area (Å²) in [6, 6.07) is 17.9. The summed E-state index contributed by atoms with van der Waals surface area (Å²) in [5.41, 5.74) is 2.92. The summed E-state index contributed by atoms with van der Waals surface area (Å²) in [6.45, 7) is 2.85. The minimum absolute atomic E-state index is 0. The van der Waals surface area contributed by atoms with Gasteiger partial charge in [-0.15, -0.1) is 24.0 Å². The van der Waals surface area contributed by atoms with Crippen molar-refractivity contribution >= 4 is 35.9 Å². The molecule has 2 rings (SSSR count). The number of rotatable bonds is 6. The van der Waals surface area contributed by atoms with Gasteiger partial charge in [-0.25, -0.2) is 4.79 Å². The lowest BCUT2D eigenvalue weighted by molar-refractivity contribution is 0.0600. The SMILES string of the molecule is CN=C(NCCc1ccc(C(=O)OC)cc1)NC(C)c1ccccc1.I. The number of guanidine groups is 1. The Bertz CT molecular complexity index is 703. The molecule has 0 aromatic heterocycles. The number of ether oxygens (including phenoxy) is 1. The van der Waals surface area contributed by atoms with Gasteiger partial charge in [0.25, 0.3) is 0 Å². The van der Waals surface area contributed by atoms with E-state index in [1.165, 1.54) is 12.7 Å². The first-order valence-corrected chi connectivity index (χ1v) is 8.33. The van der Waals surface area contributed by atoms with Crippen molar-refractivity contribution in [1.82, 2.24) is 10.6 Å². The molecule has 0 aliphatic carbocycles. The van der Waals surface area contributed by atoms with Crippen LogP contribution in [0.4, 0.5) is 0 Å². The Kier molecular flexibility index (Phi) is 9.72. The number of halogens is 1. The van der Waals surface area contributed by atoms with Crippen LogP contribution in [0.5, 0.6) is 0 Å². The van der Waals surface area contributed by atoms with Crippen molar-refractivity contribution in [1.29, 1.82) is 0 Å². The fourth-order valence-corrected chi connectivity index (χ4v) is 2.48. The Morgan fingerprint density at radius 1 is 1.12 bits per heavy atom. The summed E-state index contributed by atoms with van der Waals surface area (Å²) in [4.78, 5) is 15.7. The summed E-state index contributed by atoms with van der Waals surface area (Å²) in [7, 11) is 3.15. The van der Waals surface area contributed by atoms with Gasteiger partial charge in [0.1, 0.15) is 0 Å². The minimum Gasteiger partial charge on any atom is -0.465 e. The molecule has 0 amide bonds. The summed E-state index contributed by atoms with van der Waals surface area (Å²) in [5, 5.41) is 6.69. The van der Waals surface area contributed by atoms with Crippen molar-refractivity contribution in [2.75, 3.05) is 20.7 Å². The van der Waals surface area contributed by atoms with E-state index in [-0.39, 0.29) is 36.0 Å². The molecule has 0 saturated carbocycles. The van der Waals surface area contributed by atoms with Gasteiger partial charge in [-0.1, -0.05) is 42.5 Å². The maximum Gasteiger partial charge on any atom is 0.337 e. The lowest BCUT2D eigenvalue weighted by Gasteiger charge is -2.18. The number of aliphatic imine (C=N–C) groups is 1. The number of benzene rings is 2. The molecule has 1 unspecified atom stereocenters. The van der Waals surface area contributed by atoms with E-state index in [4.69, 9.17) is 4.74 Å². The maximum absolute atomic E-state index is 11.4. The van der Waals surface area contributed by atoms with E-state index in [1.54, 1.807) is 19.2 Å². The average Bonchev–Trinajstić information content (AvgIpc) is 2.67. The fraction of sp³-hybridized carbons (Fsp3) is 0.300. The van der Waals surface area contributed by atoms with Gasteiger partial charge in [-0.3, -0.25) is 4.99 Å². The number of carbonyl (C=O) groups is 1. The molecule has 140 valence electrons. The molecule has 0 aliphatic rings. The number of methoxy groups -OCH3 is 1. The third kappa shape index (κ3) is 6.67. The predicted molar refractivity (Wildman–Crippen MR) is 116 cm³/mol. The Hall–Kier alpha value is -2.09. The normalized spacial score (nSPS) is 11.9. The van der Waals surface area contributed by atoms with Crippen molar-refractivity contribution < 1.29 is 9.53 Å². The van der Waals surface area contributed by atoms with Crippen LogP contribution in [0.3, 0.4) is 0 Å². The lowest BCUT2D eigenvalue weighted by Crippen LogP contribution is -2.39. The number of nitrogens with zero attached hydrogens (tertiary/aromatic N) is 1. The highest BCUT2D eigenvalue weighted by molar-refractivity contribution is 14.0. The van der Waals surface area contributed by atoms with E-state index in [2.05, 4.69) is 34.7 Å². The van der Waals surface area contributed by atoms with Gasteiger partial charge in [0.15, 0.2) is 5.96 Å². The number of nitrogens with one attached hydrogen (secondary N) is 2. The van der Waals surface area contributed by atoms with Crippen LogP contribution in [0.2, 0.25) is 0 Å². The van der Waals surface area contributed by atoms with Crippen LogP contribution in [0.15, 0.2) is 59.6 Å². The van der Waals surface area contributed by atoms with Gasteiger partial charge in [-0.2, -0.15) is 0 Å². The zero-order chi connectivity index (χ0) is 18.1. The number of carbonyl (C=O) groups excluding carboxylic acids is 1. The summed E-state index contributed by atoms with van der Waals surface area (Å²) < 4.78 is 4.70. The zero-order valence-electron chi connectivity index (χ0n) is 15.4. The standard InChI is InChI=1S/C20H25N3O2.HI/c1-15(17-7-5-4-6-8-17)23-20(21-2)22-14-13-16-9-11-18(12-10-16)19(24)25-3;/h4-12,15H,13-14H2,1-3H3,(H2,21,22,23);1H. The highest BCUT2D eigenvalue weighted by Gasteiger charge is 2.07. The highest BCUT2D eigenvalue weighted by Crippen LogP contribution is 2.10. The molecule has 0 radical (unpaired) electrons. The second-order valence-corrected chi connectivity index (χ2v) is 5.71. The molecule has 0 spiro atoms. The van der Waals surface area contributed by atoms with Crippen LogP contribution >= 0.6 is 24.0 Å². The Morgan fingerprint density at radius 2 is 1.77 bits per heavy atom. The summed E-state index contributed by atoms with van der Waals surface area (Å²) in [5.74, 6) is 0.451. The molecule has 1 atom stereocenters. The predicted octanol–water partition coefficient (Wildman–Crippen LogP) is 3.56. The molecule has 0 bridgehead atoms. The van der Waals surface area contributed by atoms with Gasteiger partial charge < -0.3 is 15.4 Å². The molecule has 0 aliphatic heterocycles. The molecule has 2 aromatic carbocycles. The molecular formula is C20H26IN3O2. The second-order valence-electron chi connectivity index (χ2n) is 5.71. The van der Waals surface area contributed by atoms with Crippen molar-refractivity contribution in [3.63, 3.8) is 0 Å². The van der Waals surface area contributed by atoms with E-state index in [1.807, 2.05) is 30.3 Å². The average molecular weight is 467 g/mol. The minimum atomic E-state index is -0.316. The first kappa shape index (κ1) is 22.0. The zero-order valence-corrected chi connectivity index (χ0v) is 17.7. The Morgan fingerprint density at radius 3 is 2.35 bits per heavy atom. The summed E-state index contributed by atoms with van der Waals surface area (Å²) >= 11 is 0. The van der Waals surface area contributed by atoms with Crippen LogP contribution in [0, 0.1) is 0 Å². The van der Waals surface area contributed by atoms with Gasteiger partial charge in [-0.05, 0) is 36.6 Å². The van der Waals surface area contributed by atoms with Crippen LogP contribution in [0.1, 0.15) is 34.5 Å². The monoisotopic (exact) mass is 467 g/mol. The molecule has 2 aromatic rings. The number of hydrogen-bond acceptors (Lipinski definition) is 3. The van der Waals surface area contributed by atoms with Crippen molar-refractivity contribution in [2.24, 2.45) is 4.99 Å². The van der Waals surface area contributed by atoms with Gasteiger partial charge >= 0.3 is 5.97 Å². The molecule has 2 N–H and O–H groups in total. The van der Waals surface area contributed by atoms with E-state index in [0.717, 1.165) is 24.5 Å². The first-order chi connectivity index (χ1) is 12.1. The van der Waals surface area contributed by atoms with Crippen LogP contribution in [0.25, 0.3) is 0 Å². The Labute approximate surface area is 172 Å². The van der Waals surface area contributed by atoms with Crippen LogP contribution < -0.4 is 10.6 Å². The summed E-state index contributed by atoms with van der Waals surface area (Å²) in [6.07, 6.45) is 0.835. The molecule has 0 saturated heterocycles. The third-order valence-corrected chi connectivity index (χ3v) is 3.96. The van der Waals surface area contributed by atoms with Gasteiger partial charge in [0.2, 0.25) is 0 Å². The van der Waals surface area contributed by atoms with E-state index >= 15 is 0 Å². The lowest BCUT2D eigenvalue weighted by atomic mass is 10.1. The van der Waals surface area contributed by atoms with Crippen molar-refractivity contribution in [3.8, 4) is 0 Å². The first-order valence-electron chi connectivity index (χ1n) is 8.33. The number of esters is 1. The third-order valence-electron chi connectivity index (χ3n) is 3.96. The molecular weight excluding hydrogens is 441 g/mol. The van der Waals surface area contributed by atoms with Crippen molar-refractivity contribution in [3.05, 3.63) is 71.3 Å². The van der Waals surface area contributed by atoms with Crippen molar-refractivity contribution in [2.45, 2.75) is 19.4 Å². The smallest absolute Gasteiger partial charge is 0.337 e. The van der Waals surface area contributed by atoms with Crippen LogP contribution in [-0.2, 0) is 11.2 Å². The molecule has 6 heteroatoms. The van der Waals surface area contributed by atoms with E-state index in [0.29, 0.717) is 5.56 Å². The Balaban J connectivity index is 0.00000338. The van der Waals surface area contributed by atoms with E-state index < -0.39 is 0 Å². The largest absolute Gasteiger partial charge is 0.465 e. The number of hydrogen-bond donors (Lipinski definition) is 2. The molecule has 5 nitrogen and oxygen atoms in total. The molecule has 0 heterocycles. The highest BCUT2D eigenvalue weighted by atomic mass is 127. The van der Waals surface area contributed by atoms with Gasteiger partial charge in [0.05, 0.1) is 18.7 Å². The fourth-order valence-electron chi connectivity index (χ4n) is 2.48. The molecule has 0 fully saturated rings.